The molecule has 0 aliphatic heterocycles. The van der Waals surface area contributed by atoms with Crippen molar-refractivity contribution in [2.24, 2.45) is 5.41 Å². The molecule has 0 unspecified atom stereocenters. The maximum atomic E-state index is 12.4. The van der Waals surface area contributed by atoms with Crippen LogP contribution in [0.15, 0.2) is 30.8 Å². The van der Waals surface area contributed by atoms with E-state index in [1.807, 2.05) is 6.92 Å². The van der Waals surface area contributed by atoms with E-state index in [0.717, 1.165) is 25.7 Å². The molecule has 0 aromatic heterocycles. The number of carboxylic acid groups (broad SMARTS) is 1. The average molecular weight is 332 g/mol. The second kappa shape index (κ2) is 6.91. The predicted octanol–water partition coefficient (Wildman–Crippen LogP) is 3.18. The number of benzene rings is 1. The summed E-state index contributed by atoms with van der Waals surface area (Å²) in [4.78, 5) is 22.8. The van der Waals surface area contributed by atoms with E-state index in [1.54, 1.807) is 24.3 Å². The predicted molar refractivity (Wildman–Crippen MR) is 94.1 cm³/mol. The molecule has 6 heteroatoms. The molecular formula is C17H20N2O3S. The fourth-order valence-electron chi connectivity index (χ4n) is 2.68. The van der Waals surface area contributed by atoms with Gasteiger partial charge in [0.15, 0.2) is 4.99 Å². The zero-order chi connectivity index (χ0) is 17.0. The zero-order valence-electron chi connectivity index (χ0n) is 13.0. The highest BCUT2D eigenvalue weighted by molar-refractivity contribution is 7.82. The van der Waals surface area contributed by atoms with Crippen molar-refractivity contribution in [3.8, 4) is 0 Å². The number of hydrogen-bond donors (Lipinski definition) is 3. The fraction of sp³-hybridized carbons (Fsp3) is 0.353. The van der Waals surface area contributed by atoms with E-state index >= 15 is 0 Å². The molecule has 1 amide bonds. The molecule has 5 nitrogen and oxygen atoms in total. The molecular weight excluding hydrogens is 312 g/mol. The third-order valence-corrected chi connectivity index (χ3v) is 4.48. The van der Waals surface area contributed by atoms with Crippen LogP contribution in [0.5, 0.6) is 0 Å². The molecule has 1 aromatic rings. The van der Waals surface area contributed by atoms with Crippen molar-refractivity contribution in [2.45, 2.75) is 32.6 Å². The number of carboxylic acids is 1. The molecule has 0 atom stereocenters. The van der Waals surface area contributed by atoms with E-state index in [4.69, 9.17) is 5.11 Å². The molecule has 1 fully saturated rings. The molecule has 1 aliphatic rings. The van der Waals surface area contributed by atoms with Crippen LogP contribution in [0.4, 0.5) is 5.69 Å². The van der Waals surface area contributed by atoms with Crippen molar-refractivity contribution >= 4 is 40.5 Å². The standard InChI is InChI=1S/C17H20N2O3S/c1-11(18-14(23)15(20)21)12-5-7-13(8-6-12)19-16(22)17(2)9-3-4-10-17/h5-8H,1,3-4,9-10H2,2H3,(H,18,23)(H,19,22)(H,20,21). The normalized spacial score (nSPS) is 15.7. The van der Waals surface area contributed by atoms with E-state index in [-0.39, 0.29) is 16.3 Å². The van der Waals surface area contributed by atoms with Crippen LogP contribution in [-0.4, -0.2) is 22.0 Å². The van der Waals surface area contributed by atoms with Crippen LogP contribution < -0.4 is 10.6 Å². The van der Waals surface area contributed by atoms with Crippen LogP contribution in [0.2, 0.25) is 0 Å². The quantitative estimate of drug-likeness (QED) is 0.738. The number of nitrogens with one attached hydrogen (secondary N) is 2. The molecule has 0 heterocycles. The van der Waals surface area contributed by atoms with Gasteiger partial charge >= 0.3 is 5.97 Å². The lowest BCUT2D eigenvalue weighted by Crippen LogP contribution is -2.30. The fourth-order valence-corrected chi connectivity index (χ4v) is 2.80. The maximum Gasteiger partial charge on any atom is 0.363 e. The molecule has 0 bridgehead atoms. The molecule has 3 N–H and O–H groups in total. The van der Waals surface area contributed by atoms with Gasteiger partial charge in [-0.25, -0.2) is 4.79 Å². The van der Waals surface area contributed by atoms with Gasteiger partial charge in [0.1, 0.15) is 0 Å². The second-order valence-electron chi connectivity index (χ2n) is 6.04. The van der Waals surface area contributed by atoms with Crippen LogP contribution in [0.3, 0.4) is 0 Å². The molecule has 0 spiro atoms. The number of aliphatic carboxylic acids is 1. The molecule has 23 heavy (non-hydrogen) atoms. The van der Waals surface area contributed by atoms with E-state index < -0.39 is 5.97 Å². The first-order valence-corrected chi connectivity index (χ1v) is 7.88. The lowest BCUT2D eigenvalue weighted by molar-refractivity contribution is -0.129. The third-order valence-electron chi connectivity index (χ3n) is 4.21. The van der Waals surface area contributed by atoms with Gasteiger partial charge in [0.25, 0.3) is 0 Å². The average Bonchev–Trinajstić information content (AvgIpc) is 2.96. The van der Waals surface area contributed by atoms with Gasteiger partial charge in [-0.3, -0.25) is 4.79 Å². The summed E-state index contributed by atoms with van der Waals surface area (Å²) in [6.07, 6.45) is 4.03. The van der Waals surface area contributed by atoms with Gasteiger partial charge < -0.3 is 15.7 Å². The Bertz CT molecular complexity index is 646. The number of thiocarbonyl (C=S) groups is 1. The summed E-state index contributed by atoms with van der Waals surface area (Å²) in [5.74, 6) is -1.15. The van der Waals surface area contributed by atoms with E-state index in [1.165, 1.54) is 0 Å². The maximum absolute atomic E-state index is 12.4. The lowest BCUT2D eigenvalue weighted by Gasteiger charge is -2.22. The van der Waals surface area contributed by atoms with Gasteiger partial charge in [0.2, 0.25) is 5.91 Å². The van der Waals surface area contributed by atoms with Crippen LogP contribution >= 0.6 is 12.2 Å². The molecule has 1 saturated carbocycles. The molecule has 2 rings (SSSR count). The third kappa shape index (κ3) is 4.16. The van der Waals surface area contributed by atoms with Crippen molar-refractivity contribution in [3.05, 3.63) is 36.4 Å². The number of carbonyl (C=O) groups excluding carboxylic acids is 1. The number of carbonyl (C=O) groups is 2. The largest absolute Gasteiger partial charge is 0.476 e. The van der Waals surface area contributed by atoms with Crippen molar-refractivity contribution in [1.29, 1.82) is 0 Å². The van der Waals surface area contributed by atoms with Gasteiger partial charge in [-0.1, -0.05) is 50.7 Å². The van der Waals surface area contributed by atoms with E-state index in [0.29, 0.717) is 16.9 Å². The first-order chi connectivity index (χ1) is 10.8. The van der Waals surface area contributed by atoms with Crippen LogP contribution in [0.1, 0.15) is 38.2 Å². The Labute approximate surface area is 140 Å². The number of anilines is 1. The highest BCUT2D eigenvalue weighted by Gasteiger charge is 2.36. The number of rotatable bonds is 4. The lowest BCUT2D eigenvalue weighted by atomic mass is 9.88. The minimum atomic E-state index is -1.20. The number of amides is 1. The minimum absolute atomic E-state index is 0.0479. The Morgan fingerprint density at radius 3 is 2.30 bits per heavy atom. The zero-order valence-corrected chi connectivity index (χ0v) is 13.8. The monoisotopic (exact) mass is 332 g/mol. The smallest absolute Gasteiger partial charge is 0.363 e. The van der Waals surface area contributed by atoms with Crippen LogP contribution in [0.25, 0.3) is 5.70 Å². The summed E-state index contributed by atoms with van der Waals surface area (Å²) in [5.41, 5.74) is 1.54. The van der Waals surface area contributed by atoms with Crippen molar-refractivity contribution < 1.29 is 14.7 Å². The summed E-state index contributed by atoms with van der Waals surface area (Å²) in [6, 6.07) is 7.04. The Hall–Kier alpha value is -2.21. The Balaban J connectivity index is 1.99. The van der Waals surface area contributed by atoms with Crippen LogP contribution in [-0.2, 0) is 9.59 Å². The summed E-state index contributed by atoms with van der Waals surface area (Å²) < 4.78 is 0. The van der Waals surface area contributed by atoms with Gasteiger partial charge in [-0.2, -0.15) is 0 Å². The van der Waals surface area contributed by atoms with Crippen LogP contribution in [0, 0.1) is 5.41 Å². The molecule has 0 radical (unpaired) electrons. The van der Waals surface area contributed by atoms with Gasteiger partial charge in [-0.05, 0) is 30.5 Å². The summed E-state index contributed by atoms with van der Waals surface area (Å²) in [7, 11) is 0. The van der Waals surface area contributed by atoms with Gasteiger partial charge in [0.05, 0.1) is 0 Å². The first-order valence-electron chi connectivity index (χ1n) is 7.47. The van der Waals surface area contributed by atoms with Gasteiger partial charge in [-0.15, -0.1) is 0 Å². The van der Waals surface area contributed by atoms with E-state index in [9.17, 15) is 9.59 Å². The summed E-state index contributed by atoms with van der Waals surface area (Å²) in [5, 5.41) is 14.3. The molecule has 122 valence electrons. The SMILES string of the molecule is C=C(NC(=S)C(=O)O)c1ccc(NC(=O)C2(C)CCCC2)cc1. The highest BCUT2D eigenvalue weighted by Crippen LogP contribution is 2.38. The van der Waals surface area contributed by atoms with E-state index in [2.05, 4.69) is 29.4 Å². The van der Waals surface area contributed by atoms with Crippen molar-refractivity contribution in [3.63, 3.8) is 0 Å². The number of hydrogen-bond acceptors (Lipinski definition) is 3. The summed E-state index contributed by atoms with van der Waals surface area (Å²) in [6.45, 7) is 5.76. The molecule has 1 aliphatic carbocycles. The Kier molecular flexibility index (Phi) is 5.15. The molecule has 0 saturated heterocycles. The Morgan fingerprint density at radius 1 is 1.22 bits per heavy atom. The van der Waals surface area contributed by atoms with Crippen molar-refractivity contribution in [1.82, 2.24) is 5.32 Å². The topological polar surface area (TPSA) is 78.4 Å². The second-order valence-corrected chi connectivity index (χ2v) is 6.45. The first kappa shape index (κ1) is 17.1. The van der Waals surface area contributed by atoms with Gasteiger partial charge in [0, 0.05) is 16.8 Å². The van der Waals surface area contributed by atoms with Crippen molar-refractivity contribution in [2.75, 3.05) is 5.32 Å². The highest BCUT2D eigenvalue weighted by atomic mass is 32.1. The minimum Gasteiger partial charge on any atom is -0.476 e. The summed E-state index contributed by atoms with van der Waals surface area (Å²) >= 11 is 4.68. The molecule has 1 aromatic carbocycles. The Morgan fingerprint density at radius 2 is 1.78 bits per heavy atom.